The molecule has 1 fully saturated rings. The van der Waals surface area contributed by atoms with E-state index in [0.717, 1.165) is 12.8 Å². The molecule has 1 aliphatic rings. The average Bonchev–Trinajstić information content (AvgIpc) is 2.64. The van der Waals surface area contributed by atoms with Crippen molar-refractivity contribution in [2.75, 3.05) is 7.11 Å². The van der Waals surface area contributed by atoms with E-state index in [4.69, 9.17) is 4.74 Å². The lowest BCUT2D eigenvalue weighted by Crippen LogP contribution is -2.01. The van der Waals surface area contributed by atoms with Crippen LogP contribution in [-0.2, 0) is 0 Å². The van der Waals surface area contributed by atoms with Gasteiger partial charge in [0.25, 0.3) is 0 Å². The SMILES string of the molecule is COc1ccc(C2CCC(O)C2)c(F)c1. The van der Waals surface area contributed by atoms with Crippen LogP contribution in [0.4, 0.5) is 4.39 Å². The fourth-order valence-electron chi connectivity index (χ4n) is 2.21. The van der Waals surface area contributed by atoms with Crippen LogP contribution in [0.3, 0.4) is 0 Å². The molecule has 1 saturated carbocycles. The lowest BCUT2D eigenvalue weighted by Gasteiger charge is -2.11. The van der Waals surface area contributed by atoms with E-state index in [1.807, 2.05) is 0 Å². The van der Waals surface area contributed by atoms with Crippen molar-refractivity contribution in [3.05, 3.63) is 29.6 Å². The van der Waals surface area contributed by atoms with Crippen LogP contribution in [0.2, 0.25) is 0 Å². The molecule has 15 heavy (non-hydrogen) atoms. The molecule has 0 spiro atoms. The molecule has 0 amide bonds. The number of benzene rings is 1. The number of hydrogen-bond donors (Lipinski definition) is 1. The van der Waals surface area contributed by atoms with Crippen molar-refractivity contribution in [2.24, 2.45) is 0 Å². The van der Waals surface area contributed by atoms with Crippen LogP contribution in [0, 0.1) is 5.82 Å². The molecule has 1 aromatic carbocycles. The molecule has 3 heteroatoms. The van der Waals surface area contributed by atoms with E-state index in [9.17, 15) is 9.50 Å². The van der Waals surface area contributed by atoms with Crippen LogP contribution in [0.1, 0.15) is 30.7 Å². The Hall–Kier alpha value is -1.09. The molecule has 2 rings (SSSR count). The maximum Gasteiger partial charge on any atom is 0.130 e. The summed E-state index contributed by atoms with van der Waals surface area (Å²) in [6.07, 6.45) is 2.04. The van der Waals surface area contributed by atoms with Crippen molar-refractivity contribution in [2.45, 2.75) is 31.3 Å². The summed E-state index contributed by atoms with van der Waals surface area (Å²) in [5.41, 5.74) is 0.701. The monoisotopic (exact) mass is 210 g/mol. The Balaban J connectivity index is 2.21. The van der Waals surface area contributed by atoms with Gasteiger partial charge >= 0.3 is 0 Å². The predicted molar refractivity (Wildman–Crippen MR) is 55.6 cm³/mol. The van der Waals surface area contributed by atoms with E-state index in [1.54, 1.807) is 12.1 Å². The quantitative estimate of drug-likeness (QED) is 0.812. The fourth-order valence-corrected chi connectivity index (χ4v) is 2.21. The smallest absolute Gasteiger partial charge is 0.130 e. The number of aliphatic hydroxyl groups excluding tert-OH is 1. The molecular weight excluding hydrogens is 195 g/mol. The van der Waals surface area contributed by atoms with Crippen molar-refractivity contribution in [3.63, 3.8) is 0 Å². The minimum absolute atomic E-state index is 0.158. The standard InChI is InChI=1S/C12H15FO2/c1-15-10-4-5-11(12(13)7-10)8-2-3-9(14)6-8/h4-5,7-9,14H,2-3,6H2,1H3. The minimum Gasteiger partial charge on any atom is -0.497 e. The van der Waals surface area contributed by atoms with E-state index in [-0.39, 0.29) is 17.8 Å². The second-order valence-electron chi connectivity index (χ2n) is 4.05. The zero-order valence-corrected chi connectivity index (χ0v) is 8.74. The first-order chi connectivity index (χ1) is 7.20. The molecule has 0 bridgehead atoms. The first-order valence-electron chi connectivity index (χ1n) is 5.22. The summed E-state index contributed by atoms with van der Waals surface area (Å²) in [6, 6.07) is 4.93. The first kappa shape index (κ1) is 10.4. The van der Waals surface area contributed by atoms with E-state index >= 15 is 0 Å². The largest absolute Gasteiger partial charge is 0.497 e. The number of rotatable bonds is 2. The summed E-state index contributed by atoms with van der Waals surface area (Å²) in [5, 5.41) is 9.41. The molecular formula is C12H15FO2. The highest BCUT2D eigenvalue weighted by Gasteiger charge is 2.26. The van der Waals surface area contributed by atoms with Gasteiger partial charge in [-0.1, -0.05) is 6.07 Å². The second-order valence-corrected chi connectivity index (χ2v) is 4.05. The molecule has 2 unspecified atom stereocenters. The van der Waals surface area contributed by atoms with Crippen molar-refractivity contribution in [1.29, 1.82) is 0 Å². The summed E-state index contributed by atoms with van der Waals surface area (Å²) < 4.78 is 18.6. The van der Waals surface area contributed by atoms with Gasteiger partial charge in [-0.05, 0) is 36.8 Å². The molecule has 0 radical (unpaired) electrons. The molecule has 2 atom stereocenters. The average molecular weight is 210 g/mol. The van der Waals surface area contributed by atoms with Gasteiger partial charge in [0, 0.05) is 6.07 Å². The third-order valence-corrected chi connectivity index (χ3v) is 3.05. The van der Waals surface area contributed by atoms with Gasteiger partial charge in [0.15, 0.2) is 0 Å². The zero-order chi connectivity index (χ0) is 10.8. The number of hydrogen-bond acceptors (Lipinski definition) is 2. The first-order valence-corrected chi connectivity index (χ1v) is 5.22. The van der Waals surface area contributed by atoms with Gasteiger partial charge in [0.05, 0.1) is 13.2 Å². The van der Waals surface area contributed by atoms with E-state index < -0.39 is 0 Å². The van der Waals surface area contributed by atoms with Crippen LogP contribution in [0.15, 0.2) is 18.2 Å². The molecule has 0 saturated heterocycles. The van der Waals surface area contributed by atoms with Crippen molar-refractivity contribution in [3.8, 4) is 5.75 Å². The van der Waals surface area contributed by atoms with Gasteiger partial charge in [0.2, 0.25) is 0 Å². The maximum atomic E-state index is 13.7. The molecule has 1 aromatic rings. The van der Waals surface area contributed by atoms with Crippen LogP contribution in [0.5, 0.6) is 5.75 Å². The van der Waals surface area contributed by atoms with Gasteiger partial charge in [-0.3, -0.25) is 0 Å². The highest BCUT2D eigenvalue weighted by Crippen LogP contribution is 2.36. The van der Waals surface area contributed by atoms with E-state index in [1.165, 1.54) is 13.2 Å². The number of ether oxygens (including phenoxy) is 1. The lowest BCUT2D eigenvalue weighted by molar-refractivity contribution is 0.181. The molecule has 1 N–H and O–H groups in total. The highest BCUT2D eigenvalue weighted by atomic mass is 19.1. The number of aliphatic hydroxyl groups is 1. The zero-order valence-electron chi connectivity index (χ0n) is 8.74. The Morgan fingerprint density at radius 2 is 2.20 bits per heavy atom. The van der Waals surface area contributed by atoms with Gasteiger partial charge in [0.1, 0.15) is 11.6 Å². The van der Waals surface area contributed by atoms with Gasteiger partial charge in [-0.2, -0.15) is 0 Å². The highest BCUT2D eigenvalue weighted by molar-refractivity contribution is 5.31. The molecule has 2 nitrogen and oxygen atoms in total. The topological polar surface area (TPSA) is 29.5 Å². The van der Waals surface area contributed by atoms with Crippen LogP contribution in [-0.4, -0.2) is 18.3 Å². The van der Waals surface area contributed by atoms with E-state index in [0.29, 0.717) is 17.7 Å². The summed E-state index contributed by atoms with van der Waals surface area (Å²) in [6.45, 7) is 0. The Kier molecular flexibility index (Phi) is 2.91. The van der Waals surface area contributed by atoms with Crippen molar-refractivity contribution < 1.29 is 14.2 Å². The summed E-state index contributed by atoms with van der Waals surface area (Å²) in [4.78, 5) is 0. The lowest BCUT2D eigenvalue weighted by atomic mass is 9.97. The second kappa shape index (κ2) is 4.19. The van der Waals surface area contributed by atoms with Gasteiger partial charge in [-0.25, -0.2) is 4.39 Å². The van der Waals surface area contributed by atoms with Crippen molar-refractivity contribution >= 4 is 0 Å². The molecule has 0 aromatic heterocycles. The van der Waals surface area contributed by atoms with Crippen LogP contribution in [0.25, 0.3) is 0 Å². The summed E-state index contributed by atoms with van der Waals surface area (Å²) in [7, 11) is 1.52. The summed E-state index contributed by atoms with van der Waals surface area (Å²) in [5.74, 6) is 0.467. The molecule has 82 valence electrons. The van der Waals surface area contributed by atoms with Crippen molar-refractivity contribution in [1.82, 2.24) is 0 Å². The molecule has 0 aliphatic heterocycles. The Morgan fingerprint density at radius 1 is 1.40 bits per heavy atom. The van der Waals surface area contributed by atoms with Crippen LogP contribution >= 0.6 is 0 Å². The Morgan fingerprint density at radius 3 is 2.73 bits per heavy atom. The normalized spacial score (nSPS) is 25.5. The van der Waals surface area contributed by atoms with E-state index in [2.05, 4.69) is 0 Å². The third kappa shape index (κ3) is 2.12. The predicted octanol–water partition coefficient (Wildman–Crippen LogP) is 2.46. The van der Waals surface area contributed by atoms with Gasteiger partial charge < -0.3 is 9.84 Å². The Bertz CT molecular complexity index is 351. The minimum atomic E-state index is -0.267. The fraction of sp³-hybridized carbons (Fsp3) is 0.500. The van der Waals surface area contributed by atoms with Gasteiger partial charge in [-0.15, -0.1) is 0 Å². The van der Waals surface area contributed by atoms with Crippen LogP contribution < -0.4 is 4.74 Å². The third-order valence-electron chi connectivity index (χ3n) is 3.05. The number of halogens is 1. The maximum absolute atomic E-state index is 13.7. The Labute approximate surface area is 88.7 Å². The number of methoxy groups -OCH3 is 1. The molecule has 1 aliphatic carbocycles. The summed E-state index contributed by atoms with van der Waals surface area (Å²) >= 11 is 0. The molecule has 0 heterocycles.